The highest BCUT2D eigenvalue weighted by atomic mass is 14.8. The summed E-state index contributed by atoms with van der Waals surface area (Å²) in [6.07, 6.45) is 0. The molecule has 0 amide bonds. The molecule has 61 heavy (non-hydrogen) atoms. The first-order chi connectivity index (χ1) is 30.2. The first-order valence-electron chi connectivity index (χ1n) is 20.8. The second-order valence-corrected chi connectivity index (χ2v) is 15.9. The van der Waals surface area contributed by atoms with Crippen LogP contribution in [0.4, 0.5) is 0 Å². The van der Waals surface area contributed by atoms with E-state index in [4.69, 9.17) is 9.97 Å². The highest BCUT2D eigenvalue weighted by Crippen LogP contribution is 2.42. The first kappa shape index (κ1) is 34.9. The van der Waals surface area contributed by atoms with E-state index >= 15 is 0 Å². The third-order valence-corrected chi connectivity index (χ3v) is 12.2. The molecule has 3 aromatic heterocycles. The van der Waals surface area contributed by atoms with Crippen LogP contribution in [0, 0.1) is 0 Å². The van der Waals surface area contributed by atoms with Gasteiger partial charge in [0.05, 0.1) is 33.8 Å². The van der Waals surface area contributed by atoms with Gasteiger partial charge in [0.1, 0.15) is 0 Å². The van der Waals surface area contributed by atoms with E-state index in [1.165, 1.54) is 22.3 Å². The molecule has 11 aromatic rings. The van der Waals surface area contributed by atoms with Crippen molar-refractivity contribution < 1.29 is 0 Å². The summed E-state index contributed by atoms with van der Waals surface area (Å²) < 4.78 is 0. The molecule has 0 radical (unpaired) electrons. The van der Waals surface area contributed by atoms with Crippen molar-refractivity contribution in [2.45, 2.75) is 0 Å². The Hall–Kier alpha value is -8.14. The van der Waals surface area contributed by atoms with Crippen molar-refractivity contribution in [3.8, 4) is 101 Å². The fraction of sp³-hybridized carbons (Fsp3) is 0. The maximum absolute atomic E-state index is 5.52. The van der Waals surface area contributed by atoms with Gasteiger partial charge in [-0.2, -0.15) is 0 Å². The van der Waals surface area contributed by atoms with Crippen molar-refractivity contribution in [2.24, 2.45) is 0 Å². The topological polar surface area (TPSA) is 41.6 Å². The quantitative estimate of drug-likeness (QED) is 0.189. The summed E-state index contributed by atoms with van der Waals surface area (Å²) in [7, 11) is 0. The Morgan fingerprint density at radius 1 is 0.230 bits per heavy atom. The van der Waals surface area contributed by atoms with Crippen molar-refractivity contribution in [2.75, 3.05) is 0 Å². The molecule has 1 N–H and O–H groups in total. The van der Waals surface area contributed by atoms with Crippen molar-refractivity contribution >= 4 is 21.8 Å². The van der Waals surface area contributed by atoms with Crippen LogP contribution in [0.5, 0.6) is 0 Å². The number of fused-ring (bicyclic) bond motifs is 11. The van der Waals surface area contributed by atoms with Crippen LogP contribution in [0.15, 0.2) is 218 Å². The molecule has 0 spiro atoms. The number of hydrogen-bond donors (Lipinski definition) is 1. The molecule has 12 rings (SSSR count). The molecule has 3 nitrogen and oxygen atoms in total. The van der Waals surface area contributed by atoms with Crippen LogP contribution < -0.4 is 0 Å². The molecular weight excluding hydrogens is 739 g/mol. The number of nitrogens with one attached hydrogen (secondary N) is 1. The second kappa shape index (κ2) is 14.3. The van der Waals surface area contributed by atoms with E-state index in [2.05, 4.69) is 223 Å². The van der Waals surface area contributed by atoms with E-state index in [0.717, 1.165) is 100 Å². The Morgan fingerprint density at radius 3 is 0.951 bits per heavy atom. The summed E-state index contributed by atoms with van der Waals surface area (Å²) in [5.41, 5.74) is 21.4. The molecular formula is C58H37N3. The van der Waals surface area contributed by atoms with E-state index in [0.29, 0.717) is 0 Å². The molecule has 8 aromatic carbocycles. The first-order valence-corrected chi connectivity index (χ1v) is 20.8. The second-order valence-electron chi connectivity index (χ2n) is 15.9. The van der Waals surface area contributed by atoms with Gasteiger partial charge < -0.3 is 4.98 Å². The molecule has 1 aliphatic heterocycles. The van der Waals surface area contributed by atoms with Crippen LogP contribution in [0.1, 0.15) is 0 Å². The fourth-order valence-corrected chi connectivity index (χ4v) is 9.03. The maximum atomic E-state index is 5.52. The van der Waals surface area contributed by atoms with E-state index < -0.39 is 0 Å². The zero-order valence-electron chi connectivity index (χ0n) is 33.2. The lowest BCUT2D eigenvalue weighted by Crippen LogP contribution is -1.96. The normalized spacial score (nSPS) is 11.6. The minimum atomic E-state index is 0.900. The molecule has 8 bridgehead atoms. The lowest BCUT2D eigenvalue weighted by Gasteiger charge is -2.16. The molecule has 284 valence electrons. The van der Waals surface area contributed by atoms with Crippen molar-refractivity contribution in [1.82, 2.24) is 15.0 Å². The lowest BCUT2D eigenvalue weighted by molar-refractivity contribution is 1.30. The molecule has 0 unspecified atom stereocenters. The summed E-state index contributed by atoms with van der Waals surface area (Å²) in [6, 6.07) is 78.5. The molecule has 3 heteroatoms. The minimum absolute atomic E-state index is 0.900. The third kappa shape index (κ3) is 6.23. The predicted octanol–water partition coefficient (Wildman–Crippen LogP) is 15.4. The Morgan fingerprint density at radius 2 is 0.541 bits per heavy atom. The highest BCUT2D eigenvalue weighted by molar-refractivity contribution is 6.15. The monoisotopic (exact) mass is 775 g/mol. The van der Waals surface area contributed by atoms with Crippen molar-refractivity contribution in [3.05, 3.63) is 218 Å². The Bertz CT molecular complexity index is 3220. The molecule has 0 saturated carbocycles. The van der Waals surface area contributed by atoms with Gasteiger partial charge in [0.15, 0.2) is 0 Å². The van der Waals surface area contributed by atoms with Gasteiger partial charge >= 0.3 is 0 Å². The van der Waals surface area contributed by atoms with Gasteiger partial charge in [-0.1, -0.05) is 176 Å². The largest absolute Gasteiger partial charge is 0.353 e. The number of aromatic amines is 1. The average molecular weight is 776 g/mol. The fourth-order valence-electron chi connectivity index (χ4n) is 9.03. The average Bonchev–Trinajstić information content (AvgIpc) is 3.74. The number of para-hydroxylation sites is 2. The van der Waals surface area contributed by atoms with E-state index in [1.54, 1.807) is 0 Å². The molecule has 0 saturated heterocycles. The Kier molecular flexibility index (Phi) is 8.17. The number of rotatable bonds is 5. The number of aromatic nitrogens is 3. The van der Waals surface area contributed by atoms with Crippen LogP contribution >= 0.6 is 0 Å². The minimum Gasteiger partial charge on any atom is -0.353 e. The maximum Gasteiger partial charge on any atom is 0.0736 e. The van der Waals surface area contributed by atoms with Crippen LogP contribution in [0.25, 0.3) is 122 Å². The van der Waals surface area contributed by atoms with Crippen molar-refractivity contribution in [3.63, 3.8) is 0 Å². The summed E-state index contributed by atoms with van der Waals surface area (Å²) >= 11 is 0. The summed E-state index contributed by atoms with van der Waals surface area (Å²) in [5.74, 6) is 0. The third-order valence-electron chi connectivity index (χ3n) is 12.2. The summed E-state index contributed by atoms with van der Waals surface area (Å²) in [5, 5.41) is 2.31. The summed E-state index contributed by atoms with van der Waals surface area (Å²) in [6.45, 7) is 0. The van der Waals surface area contributed by atoms with Gasteiger partial charge in [0, 0.05) is 33.0 Å². The number of pyridine rings is 2. The van der Waals surface area contributed by atoms with E-state index in [-0.39, 0.29) is 0 Å². The van der Waals surface area contributed by atoms with Gasteiger partial charge in [-0.15, -0.1) is 0 Å². The molecule has 0 atom stereocenters. The number of nitrogens with zero attached hydrogens (tertiary/aromatic N) is 2. The Balaban J connectivity index is 1.12. The van der Waals surface area contributed by atoms with Gasteiger partial charge in [0.2, 0.25) is 0 Å². The van der Waals surface area contributed by atoms with Crippen LogP contribution in [-0.4, -0.2) is 15.0 Å². The van der Waals surface area contributed by atoms with Crippen LogP contribution in [0.3, 0.4) is 0 Å². The summed E-state index contributed by atoms with van der Waals surface area (Å²) in [4.78, 5) is 15.0. The number of hydrogen-bond acceptors (Lipinski definition) is 2. The number of benzene rings is 8. The predicted molar refractivity (Wildman–Crippen MR) is 254 cm³/mol. The molecule has 4 heterocycles. The van der Waals surface area contributed by atoms with Crippen molar-refractivity contribution in [1.29, 1.82) is 0 Å². The van der Waals surface area contributed by atoms with Gasteiger partial charge in [-0.25, -0.2) is 9.97 Å². The van der Waals surface area contributed by atoms with Crippen LogP contribution in [0.2, 0.25) is 0 Å². The molecule has 0 aliphatic carbocycles. The Labute approximate surface area is 354 Å². The van der Waals surface area contributed by atoms with Gasteiger partial charge in [-0.05, 0) is 98.1 Å². The zero-order valence-corrected chi connectivity index (χ0v) is 33.2. The SMILES string of the molecule is c1ccc(-c2ccc(-c3cc4nc(c3)-c3cccc5c3[nH]c3c(cccc35)-c3cc(-c5ccc(-c6ccccc6)cc5)cc(n3)-c3cc(-c5ccccc5)cc-4c3)cc2)cc1. The molecule has 1 aliphatic rings. The zero-order chi connectivity index (χ0) is 40.3. The lowest BCUT2D eigenvalue weighted by atomic mass is 9.93. The number of H-pyrrole nitrogens is 1. The van der Waals surface area contributed by atoms with Gasteiger partial charge in [-0.3, -0.25) is 0 Å². The van der Waals surface area contributed by atoms with E-state index in [1.807, 2.05) is 0 Å². The highest BCUT2D eigenvalue weighted by Gasteiger charge is 2.20. The van der Waals surface area contributed by atoms with Gasteiger partial charge in [0.25, 0.3) is 0 Å². The smallest absolute Gasteiger partial charge is 0.0736 e. The van der Waals surface area contributed by atoms with E-state index in [9.17, 15) is 0 Å². The standard InChI is InChI=1S/C58H37N3/c1-4-12-37(13-5-1)40-22-26-42(27-23-40)45-33-53-47-30-44(39-16-8-3-9-17-39)31-48(32-47)54-34-46(43-28-24-41(25-29-43)38-14-6-2-7-15-38)36-56(60-54)52-21-11-19-50-49-18-10-20-51(55(35-45)59-53)57(49)61-58(50)52/h1-36,61H. The van der Waals surface area contributed by atoms with Crippen LogP contribution in [-0.2, 0) is 0 Å². The molecule has 0 fully saturated rings.